The number of benzene rings is 1. The Balaban J connectivity index is 1.38. The van der Waals surface area contributed by atoms with Crippen molar-refractivity contribution in [3.05, 3.63) is 83.4 Å². The average Bonchev–Trinajstić information content (AvgIpc) is 3.51. The maximum atomic E-state index is 13.1. The number of hydrogen-bond donors (Lipinski definition) is 0. The van der Waals surface area contributed by atoms with Gasteiger partial charge in [-0.2, -0.15) is 5.10 Å². The lowest BCUT2D eigenvalue weighted by Crippen LogP contribution is -2.28. The third-order valence-electron chi connectivity index (χ3n) is 4.82. The van der Waals surface area contributed by atoms with Crippen molar-refractivity contribution in [3.63, 3.8) is 0 Å². The molecule has 0 fully saturated rings. The Morgan fingerprint density at radius 2 is 2.00 bits per heavy atom. The van der Waals surface area contributed by atoms with Crippen molar-refractivity contribution in [1.29, 1.82) is 0 Å². The van der Waals surface area contributed by atoms with Crippen LogP contribution in [0.1, 0.15) is 23.8 Å². The molecule has 4 heterocycles. The highest BCUT2D eigenvalue weighted by Crippen LogP contribution is 2.34. The van der Waals surface area contributed by atoms with Gasteiger partial charge in [0.15, 0.2) is 10.8 Å². The number of thioether (sulfide) groups is 1. The standard InChI is InChI=1S/C21H16ClN5O2S/c22-15-8-6-14(7-9-15)16-12-17(18-4-3-11-29-18)27(25-16)20(28)13-30-21-24-23-19-5-1-2-10-26(19)21/h1-11,17H,12-13H2/t17-/m1/s1. The Morgan fingerprint density at radius 3 is 2.80 bits per heavy atom. The second-order valence-electron chi connectivity index (χ2n) is 6.73. The lowest BCUT2D eigenvalue weighted by atomic mass is 10.0. The molecule has 1 aliphatic heterocycles. The summed E-state index contributed by atoms with van der Waals surface area (Å²) in [5.74, 6) is 0.761. The summed E-state index contributed by atoms with van der Waals surface area (Å²) in [6.45, 7) is 0. The molecule has 30 heavy (non-hydrogen) atoms. The summed E-state index contributed by atoms with van der Waals surface area (Å²) >= 11 is 7.33. The Kier molecular flexibility index (Phi) is 5.02. The molecule has 0 saturated carbocycles. The monoisotopic (exact) mass is 437 g/mol. The molecule has 0 unspecified atom stereocenters. The van der Waals surface area contributed by atoms with Crippen LogP contribution in [0.25, 0.3) is 5.65 Å². The van der Waals surface area contributed by atoms with Crippen LogP contribution in [0.5, 0.6) is 0 Å². The summed E-state index contributed by atoms with van der Waals surface area (Å²) in [4.78, 5) is 13.1. The van der Waals surface area contributed by atoms with Gasteiger partial charge in [0, 0.05) is 17.6 Å². The Bertz CT molecular complexity index is 1220. The molecule has 1 atom stereocenters. The molecule has 1 aliphatic rings. The molecule has 0 spiro atoms. The number of furan rings is 1. The molecule has 3 aromatic heterocycles. The molecule has 5 rings (SSSR count). The number of amides is 1. The van der Waals surface area contributed by atoms with Crippen molar-refractivity contribution < 1.29 is 9.21 Å². The highest BCUT2D eigenvalue weighted by atomic mass is 35.5. The maximum absolute atomic E-state index is 13.1. The van der Waals surface area contributed by atoms with E-state index in [2.05, 4.69) is 15.3 Å². The van der Waals surface area contributed by atoms with Crippen LogP contribution in [0.4, 0.5) is 0 Å². The number of rotatable bonds is 5. The van der Waals surface area contributed by atoms with Gasteiger partial charge in [0.05, 0.1) is 17.7 Å². The first-order chi connectivity index (χ1) is 14.7. The minimum atomic E-state index is -0.283. The second kappa shape index (κ2) is 7.97. The molecular formula is C21H16ClN5O2S. The van der Waals surface area contributed by atoms with Gasteiger partial charge in [-0.3, -0.25) is 9.20 Å². The molecule has 0 N–H and O–H groups in total. The molecule has 1 amide bonds. The van der Waals surface area contributed by atoms with Gasteiger partial charge in [-0.05, 0) is 42.0 Å². The van der Waals surface area contributed by atoms with Crippen molar-refractivity contribution in [3.8, 4) is 0 Å². The second-order valence-corrected chi connectivity index (χ2v) is 8.11. The molecule has 0 aliphatic carbocycles. The minimum Gasteiger partial charge on any atom is -0.467 e. The molecule has 1 aromatic carbocycles. The first kappa shape index (κ1) is 18.9. The number of hydrogen-bond acceptors (Lipinski definition) is 6. The van der Waals surface area contributed by atoms with E-state index in [1.807, 2.05) is 65.2 Å². The van der Waals surface area contributed by atoms with Gasteiger partial charge < -0.3 is 4.42 Å². The summed E-state index contributed by atoms with van der Waals surface area (Å²) in [7, 11) is 0. The van der Waals surface area contributed by atoms with E-state index in [1.54, 1.807) is 6.26 Å². The predicted octanol–water partition coefficient (Wildman–Crippen LogP) is 4.45. The summed E-state index contributed by atoms with van der Waals surface area (Å²) in [5, 5.41) is 15.8. The Morgan fingerprint density at radius 1 is 1.13 bits per heavy atom. The lowest BCUT2D eigenvalue weighted by molar-refractivity contribution is -0.130. The number of nitrogens with zero attached hydrogens (tertiary/aromatic N) is 5. The normalized spacial score (nSPS) is 16.2. The quantitative estimate of drug-likeness (QED) is 0.431. The first-order valence-corrected chi connectivity index (χ1v) is 10.7. The smallest absolute Gasteiger partial charge is 0.253 e. The van der Waals surface area contributed by atoms with Gasteiger partial charge in [0.2, 0.25) is 0 Å². The van der Waals surface area contributed by atoms with E-state index >= 15 is 0 Å². The Labute approximate surface area is 181 Å². The molecule has 7 nitrogen and oxygen atoms in total. The fourth-order valence-electron chi connectivity index (χ4n) is 3.37. The largest absolute Gasteiger partial charge is 0.467 e. The van der Waals surface area contributed by atoms with Crippen molar-refractivity contribution in [2.24, 2.45) is 5.10 Å². The number of halogens is 1. The minimum absolute atomic E-state index is 0.127. The third kappa shape index (κ3) is 3.59. The van der Waals surface area contributed by atoms with Crippen LogP contribution in [0.2, 0.25) is 5.02 Å². The van der Waals surface area contributed by atoms with Gasteiger partial charge in [-0.25, -0.2) is 5.01 Å². The van der Waals surface area contributed by atoms with Crippen molar-refractivity contribution in [2.75, 3.05) is 5.75 Å². The number of fused-ring (bicyclic) bond motifs is 1. The fraction of sp³-hybridized carbons (Fsp3) is 0.143. The van der Waals surface area contributed by atoms with Crippen molar-refractivity contribution in [1.82, 2.24) is 19.6 Å². The summed E-state index contributed by atoms with van der Waals surface area (Å²) < 4.78 is 7.44. The zero-order valence-corrected chi connectivity index (χ0v) is 17.3. The number of hydrazone groups is 1. The van der Waals surface area contributed by atoms with E-state index in [-0.39, 0.29) is 17.7 Å². The van der Waals surface area contributed by atoms with E-state index < -0.39 is 0 Å². The molecule has 4 aromatic rings. The topological polar surface area (TPSA) is 76.0 Å². The van der Waals surface area contributed by atoms with Gasteiger partial charge in [-0.1, -0.05) is 41.6 Å². The Hall–Kier alpha value is -3.10. The number of pyridine rings is 1. The van der Waals surface area contributed by atoms with Gasteiger partial charge in [0.1, 0.15) is 11.8 Å². The van der Waals surface area contributed by atoms with E-state index in [0.717, 1.165) is 16.9 Å². The first-order valence-electron chi connectivity index (χ1n) is 9.30. The van der Waals surface area contributed by atoms with Crippen LogP contribution in [-0.4, -0.2) is 37.0 Å². The van der Waals surface area contributed by atoms with Crippen molar-refractivity contribution in [2.45, 2.75) is 17.6 Å². The van der Waals surface area contributed by atoms with Gasteiger partial charge >= 0.3 is 0 Å². The fourth-order valence-corrected chi connectivity index (χ4v) is 4.27. The molecule has 0 bridgehead atoms. The van der Waals surface area contributed by atoms with Crippen molar-refractivity contribution >= 4 is 40.6 Å². The number of aromatic nitrogens is 3. The predicted molar refractivity (Wildman–Crippen MR) is 115 cm³/mol. The van der Waals surface area contributed by atoms with E-state index in [4.69, 9.17) is 16.0 Å². The molecule has 0 saturated heterocycles. The molecule has 0 radical (unpaired) electrons. The summed E-state index contributed by atoms with van der Waals surface area (Å²) in [5.41, 5.74) is 2.49. The van der Waals surface area contributed by atoms with E-state index in [9.17, 15) is 4.79 Å². The zero-order chi connectivity index (χ0) is 20.5. The lowest BCUT2D eigenvalue weighted by Gasteiger charge is -2.19. The molecule has 9 heteroatoms. The van der Waals surface area contributed by atoms with Gasteiger partial charge in [-0.15, -0.1) is 10.2 Å². The highest BCUT2D eigenvalue weighted by molar-refractivity contribution is 7.99. The number of carbonyl (C=O) groups excluding carboxylic acids is 1. The summed E-state index contributed by atoms with van der Waals surface area (Å²) in [6.07, 6.45) is 4.05. The third-order valence-corrected chi connectivity index (χ3v) is 6.00. The highest BCUT2D eigenvalue weighted by Gasteiger charge is 2.34. The SMILES string of the molecule is O=C(CSc1nnc2ccccn12)N1N=C(c2ccc(Cl)cc2)C[C@@H]1c1ccco1. The summed E-state index contributed by atoms with van der Waals surface area (Å²) in [6, 6.07) is 16.5. The average molecular weight is 438 g/mol. The number of carbonyl (C=O) groups is 1. The van der Waals surface area contributed by atoms with Gasteiger partial charge in [0.25, 0.3) is 5.91 Å². The zero-order valence-electron chi connectivity index (χ0n) is 15.7. The molecule has 150 valence electrons. The molecular weight excluding hydrogens is 422 g/mol. The van der Waals surface area contributed by atoms with Crippen LogP contribution >= 0.6 is 23.4 Å². The van der Waals surface area contributed by atoms with Crippen LogP contribution in [0.3, 0.4) is 0 Å². The van der Waals surface area contributed by atoms with E-state index in [1.165, 1.54) is 16.8 Å². The van der Waals surface area contributed by atoms with Crippen LogP contribution in [-0.2, 0) is 4.79 Å². The maximum Gasteiger partial charge on any atom is 0.253 e. The van der Waals surface area contributed by atoms with E-state index in [0.29, 0.717) is 22.4 Å². The van der Waals surface area contributed by atoms with Crippen LogP contribution in [0.15, 0.2) is 81.7 Å². The van der Waals surface area contributed by atoms with Crippen LogP contribution < -0.4 is 0 Å². The van der Waals surface area contributed by atoms with Crippen LogP contribution in [0, 0.1) is 0 Å².